The molecule has 0 saturated carbocycles. The summed E-state index contributed by atoms with van der Waals surface area (Å²) in [6.45, 7) is 1.88. The smallest absolute Gasteiger partial charge is 0.130 e. The lowest BCUT2D eigenvalue weighted by atomic mass is 10.1. The molecule has 0 heterocycles. The molecule has 2 aromatic carbocycles. The Morgan fingerprint density at radius 2 is 1.69 bits per heavy atom. The molecular weight excluding hydrogens is 199 g/mol. The first kappa shape index (κ1) is 10.6. The molecule has 0 nitrogen and oxygen atoms in total. The Kier molecular flexibility index (Phi) is 3.16. The van der Waals surface area contributed by atoms with Gasteiger partial charge in [0.05, 0.1) is 0 Å². The number of hydrogen-bond acceptors (Lipinski definition) is 0. The highest BCUT2D eigenvalue weighted by Crippen LogP contribution is 2.13. The molecule has 2 aromatic rings. The number of benzene rings is 2. The van der Waals surface area contributed by atoms with Crippen LogP contribution in [0.4, 0.5) is 4.39 Å². The molecule has 0 atom stereocenters. The minimum atomic E-state index is -0.174. The molecule has 0 unspecified atom stereocenters. The Bertz CT molecular complexity index is 498. The van der Waals surface area contributed by atoms with Crippen molar-refractivity contribution in [2.45, 2.75) is 6.92 Å². The van der Waals surface area contributed by atoms with E-state index >= 15 is 0 Å². The Hall–Kier alpha value is -1.89. The zero-order chi connectivity index (χ0) is 11.4. The first-order valence-corrected chi connectivity index (χ1v) is 5.25. The van der Waals surface area contributed by atoms with E-state index < -0.39 is 0 Å². The van der Waals surface area contributed by atoms with Gasteiger partial charge in [0, 0.05) is 5.56 Å². The fraction of sp³-hybridized carbons (Fsp3) is 0.0667. The molecule has 0 aromatic heterocycles. The molecule has 1 heteroatoms. The zero-order valence-corrected chi connectivity index (χ0v) is 9.15. The van der Waals surface area contributed by atoms with Crippen LogP contribution in [0, 0.1) is 12.7 Å². The van der Waals surface area contributed by atoms with Crippen LogP contribution in [0.2, 0.25) is 0 Å². The predicted molar refractivity (Wildman–Crippen MR) is 66.5 cm³/mol. The second-order valence-corrected chi connectivity index (χ2v) is 3.77. The topological polar surface area (TPSA) is 0 Å². The van der Waals surface area contributed by atoms with Crippen molar-refractivity contribution in [1.29, 1.82) is 0 Å². The van der Waals surface area contributed by atoms with E-state index in [4.69, 9.17) is 0 Å². The molecule has 0 aliphatic carbocycles. The average molecular weight is 212 g/mol. The van der Waals surface area contributed by atoms with Crippen molar-refractivity contribution in [3.63, 3.8) is 0 Å². The highest BCUT2D eigenvalue weighted by atomic mass is 19.1. The van der Waals surface area contributed by atoms with Crippen molar-refractivity contribution in [2.75, 3.05) is 0 Å². The lowest BCUT2D eigenvalue weighted by molar-refractivity contribution is 0.624. The summed E-state index contributed by atoms with van der Waals surface area (Å²) >= 11 is 0. The Labute approximate surface area is 95.1 Å². The molecule has 16 heavy (non-hydrogen) atoms. The fourth-order valence-electron chi connectivity index (χ4n) is 1.52. The minimum absolute atomic E-state index is 0.174. The van der Waals surface area contributed by atoms with E-state index in [1.807, 2.05) is 49.4 Å². The van der Waals surface area contributed by atoms with E-state index in [0.717, 1.165) is 11.1 Å². The monoisotopic (exact) mass is 212 g/mol. The predicted octanol–water partition coefficient (Wildman–Crippen LogP) is 4.30. The lowest BCUT2D eigenvalue weighted by Gasteiger charge is -1.98. The van der Waals surface area contributed by atoms with Crippen molar-refractivity contribution >= 4 is 12.2 Å². The van der Waals surface area contributed by atoms with Gasteiger partial charge in [-0.1, -0.05) is 54.6 Å². The van der Waals surface area contributed by atoms with Crippen LogP contribution in [0.25, 0.3) is 12.2 Å². The van der Waals surface area contributed by atoms with Crippen molar-refractivity contribution in [3.8, 4) is 0 Å². The molecule has 0 aliphatic heterocycles. The standard InChI is InChI=1S/C15H13F/c1-12-7-9-14(15(16)11-12)10-8-13-5-3-2-4-6-13/h2-11H,1H3. The van der Waals surface area contributed by atoms with E-state index in [9.17, 15) is 4.39 Å². The average Bonchev–Trinajstić information content (AvgIpc) is 2.29. The van der Waals surface area contributed by atoms with Gasteiger partial charge in [-0.15, -0.1) is 0 Å². The summed E-state index contributed by atoms with van der Waals surface area (Å²) in [6.07, 6.45) is 3.71. The van der Waals surface area contributed by atoms with Gasteiger partial charge in [-0.2, -0.15) is 0 Å². The second kappa shape index (κ2) is 4.75. The van der Waals surface area contributed by atoms with Gasteiger partial charge in [-0.3, -0.25) is 0 Å². The van der Waals surface area contributed by atoms with Gasteiger partial charge in [-0.05, 0) is 24.1 Å². The second-order valence-electron chi connectivity index (χ2n) is 3.77. The van der Waals surface area contributed by atoms with Crippen LogP contribution in [0.5, 0.6) is 0 Å². The zero-order valence-electron chi connectivity index (χ0n) is 9.15. The fourth-order valence-corrected chi connectivity index (χ4v) is 1.52. The van der Waals surface area contributed by atoms with Crippen molar-refractivity contribution < 1.29 is 4.39 Å². The van der Waals surface area contributed by atoms with Gasteiger partial charge < -0.3 is 0 Å². The summed E-state index contributed by atoms with van der Waals surface area (Å²) in [5.74, 6) is -0.174. The number of aryl methyl sites for hydroxylation is 1. The highest BCUT2D eigenvalue weighted by molar-refractivity contribution is 5.69. The third-order valence-corrected chi connectivity index (χ3v) is 2.41. The maximum atomic E-state index is 13.5. The van der Waals surface area contributed by atoms with Crippen LogP contribution < -0.4 is 0 Å². The van der Waals surface area contributed by atoms with Gasteiger partial charge in [0.2, 0.25) is 0 Å². The normalized spacial score (nSPS) is 10.9. The maximum absolute atomic E-state index is 13.5. The van der Waals surface area contributed by atoms with Crippen LogP contribution in [-0.2, 0) is 0 Å². The first-order chi connectivity index (χ1) is 7.75. The molecule has 0 aliphatic rings. The Morgan fingerprint density at radius 3 is 2.38 bits per heavy atom. The summed E-state index contributed by atoms with van der Waals surface area (Å²) in [6, 6.07) is 15.1. The molecule has 0 bridgehead atoms. The summed E-state index contributed by atoms with van der Waals surface area (Å²) in [5, 5.41) is 0. The molecule has 0 fully saturated rings. The van der Waals surface area contributed by atoms with Gasteiger partial charge >= 0.3 is 0 Å². The number of halogens is 1. The summed E-state index contributed by atoms with van der Waals surface area (Å²) in [5.41, 5.74) is 2.63. The highest BCUT2D eigenvalue weighted by Gasteiger charge is 1.97. The van der Waals surface area contributed by atoms with E-state index in [-0.39, 0.29) is 5.82 Å². The quantitative estimate of drug-likeness (QED) is 0.651. The first-order valence-electron chi connectivity index (χ1n) is 5.25. The molecule has 0 amide bonds. The molecule has 0 saturated heterocycles. The van der Waals surface area contributed by atoms with Gasteiger partial charge in [0.15, 0.2) is 0 Å². The van der Waals surface area contributed by atoms with Crippen LogP contribution >= 0.6 is 0 Å². The van der Waals surface area contributed by atoms with Gasteiger partial charge in [-0.25, -0.2) is 4.39 Å². The Morgan fingerprint density at radius 1 is 0.938 bits per heavy atom. The van der Waals surface area contributed by atoms with Crippen molar-refractivity contribution in [2.24, 2.45) is 0 Å². The number of rotatable bonds is 2. The molecule has 0 spiro atoms. The molecule has 80 valence electrons. The summed E-state index contributed by atoms with van der Waals surface area (Å²) < 4.78 is 13.5. The summed E-state index contributed by atoms with van der Waals surface area (Å²) in [4.78, 5) is 0. The van der Waals surface area contributed by atoms with E-state index in [2.05, 4.69) is 0 Å². The maximum Gasteiger partial charge on any atom is 0.130 e. The molecule has 0 radical (unpaired) electrons. The van der Waals surface area contributed by atoms with E-state index in [1.54, 1.807) is 18.2 Å². The van der Waals surface area contributed by atoms with Crippen molar-refractivity contribution in [3.05, 3.63) is 71.0 Å². The Balaban J connectivity index is 2.24. The van der Waals surface area contributed by atoms with Crippen LogP contribution in [0.3, 0.4) is 0 Å². The van der Waals surface area contributed by atoms with E-state index in [0.29, 0.717) is 5.56 Å². The van der Waals surface area contributed by atoms with Gasteiger partial charge in [0.1, 0.15) is 5.82 Å². The van der Waals surface area contributed by atoms with E-state index in [1.165, 1.54) is 0 Å². The molecular formula is C15H13F. The van der Waals surface area contributed by atoms with Crippen molar-refractivity contribution in [1.82, 2.24) is 0 Å². The lowest BCUT2D eigenvalue weighted by Crippen LogP contribution is -1.82. The van der Waals surface area contributed by atoms with Crippen LogP contribution in [0.1, 0.15) is 16.7 Å². The third-order valence-electron chi connectivity index (χ3n) is 2.41. The molecule has 0 N–H and O–H groups in total. The van der Waals surface area contributed by atoms with Crippen LogP contribution in [0.15, 0.2) is 48.5 Å². The van der Waals surface area contributed by atoms with Gasteiger partial charge in [0.25, 0.3) is 0 Å². The molecule has 2 rings (SSSR count). The summed E-state index contributed by atoms with van der Waals surface area (Å²) in [7, 11) is 0. The largest absolute Gasteiger partial charge is 0.206 e. The number of hydrogen-bond donors (Lipinski definition) is 0. The SMILES string of the molecule is Cc1ccc(C=Cc2ccccc2)c(F)c1. The van der Waals surface area contributed by atoms with Crippen LogP contribution in [-0.4, -0.2) is 0 Å². The minimum Gasteiger partial charge on any atom is -0.206 e. The third kappa shape index (κ3) is 2.57.